The monoisotopic (exact) mass is 257 g/mol. The Kier molecular flexibility index (Phi) is 6.19. The van der Waals surface area contributed by atoms with Crippen LogP contribution in [0.5, 0.6) is 0 Å². The van der Waals surface area contributed by atoms with Crippen molar-refractivity contribution in [2.45, 2.75) is 50.5 Å². The van der Waals surface area contributed by atoms with Crippen molar-refractivity contribution in [1.82, 2.24) is 5.32 Å². The Morgan fingerprint density at radius 2 is 1.82 bits per heavy atom. The van der Waals surface area contributed by atoms with Crippen molar-refractivity contribution in [3.63, 3.8) is 0 Å². The van der Waals surface area contributed by atoms with E-state index in [-0.39, 0.29) is 6.61 Å². The zero-order chi connectivity index (χ0) is 12.7. The predicted octanol–water partition coefficient (Wildman–Crippen LogP) is 2.83. The van der Waals surface area contributed by atoms with Crippen molar-refractivity contribution < 1.29 is 22.3 Å². The first-order valence-electron chi connectivity index (χ1n) is 5.99. The average Bonchev–Trinajstić information content (AvgIpc) is 2.29. The van der Waals surface area contributed by atoms with E-state index in [1.165, 1.54) is 19.3 Å². The fourth-order valence-electron chi connectivity index (χ4n) is 1.91. The molecule has 0 atom stereocenters. The van der Waals surface area contributed by atoms with Crippen LogP contribution >= 0.6 is 0 Å². The van der Waals surface area contributed by atoms with Gasteiger partial charge in [-0.3, -0.25) is 0 Å². The van der Waals surface area contributed by atoms with E-state index in [1.807, 2.05) is 0 Å². The summed E-state index contributed by atoms with van der Waals surface area (Å²) in [5.74, 6) is -4.04. The first kappa shape index (κ1) is 14.7. The molecule has 102 valence electrons. The van der Waals surface area contributed by atoms with Crippen LogP contribution in [0.15, 0.2) is 0 Å². The van der Waals surface area contributed by atoms with E-state index in [9.17, 15) is 17.6 Å². The summed E-state index contributed by atoms with van der Waals surface area (Å²) in [6, 6.07) is 0.419. The highest BCUT2D eigenvalue weighted by Gasteiger charge is 2.40. The molecule has 0 aromatic rings. The lowest BCUT2D eigenvalue weighted by Crippen LogP contribution is -2.36. The van der Waals surface area contributed by atoms with Crippen molar-refractivity contribution in [3.05, 3.63) is 0 Å². The third-order valence-corrected chi connectivity index (χ3v) is 2.90. The van der Waals surface area contributed by atoms with Crippen LogP contribution in [0.25, 0.3) is 0 Å². The molecule has 0 radical (unpaired) electrons. The van der Waals surface area contributed by atoms with Crippen LogP contribution in [0, 0.1) is 0 Å². The van der Waals surface area contributed by atoms with Crippen LogP contribution in [0.3, 0.4) is 0 Å². The quantitative estimate of drug-likeness (QED) is 0.559. The van der Waals surface area contributed by atoms with Crippen LogP contribution in [0.2, 0.25) is 0 Å². The highest BCUT2D eigenvalue weighted by molar-refractivity contribution is 4.72. The van der Waals surface area contributed by atoms with Gasteiger partial charge in [0.2, 0.25) is 0 Å². The number of halogens is 4. The van der Waals surface area contributed by atoms with Gasteiger partial charge in [0.05, 0.1) is 6.61 Å². The largest absolute Gasteiger partial charge is 0.374 e. The first-order chi connectivity index (χ1) is 8.02. The van der Waals surface area contributed by atoms with Gasteiger partial charge in [-0.05, 0) is 12.8 Å². The van der Waals surface area contributed by atoms with Gasteiger partial charge < -0.3 is 10.1 Å². The lowest BCUT2D eigenvalue weighted by Gasteiger charge is -2.23. The molecule has 1 aliphatic rings. The van der Waals surface area contributed by atoms with Gasteiger partial charge in [-0.15, -0.1) is 0 Å². The molecule has 1 aliphatic carbocycles. The summed E-state index contributed by atoms with van der Waals surface area (Å²) < 4.78 is 53.0. The fourth-order valence-corrected chi connectivity index (χ4v) is 1.91. The normalized spacial score (nSPS) is 18.9. The first-order valence-corrected chi connectivity index (χ1v) is 5.99. The van der Waals surface area contributed by atoms with Crippen molar-refractivity contribution in [1.29, 1.82) is 0 Å². The van der Waals surface area contributed by atoms with Crippen molar-refractivity contribution in [2.75, 3.05) is 19.8 Å². The third kappa shape index (κ3) is 5.68. The lowest BCUT2D eigenvalue weighted by atomic mass is 9.96. The molecule has 0 bridgehead atoms. The molecule has 6 heteroatoms. The predicted molar refractivity (Wildman–Crippen MR) is 56.6 cm³/mol. The number of hydrogen-bond donors (Lipinski definition) is 1. The minimum atomic E-state index is -4.04. The van der Waals surface area contributed by atoms with E-state index >= 15 is 0 Å². The van der Waals surface area contributed by atoms with Gasteiger partial charge in [0, 0.05) is 12.6 Å². The van der Waals surface area contributed by atoms with E-state index in [2.05, 4.69) is 10.1 Å². The topological polar surface area (TPSA) is 21.3 Å². The molecule has 17 heavy (non-hydrogen) atoms. The van der Waals surface area contributed by atoms with E-state index in [0.29, 0.717) is 12.6 Å². The molecule has 2 nitrogen and oxygen atoms in total. The van der Waals surface area contributed by atoms with Crippen molar-refractivity contribution >= 4 is 0 Å². The molecular weight excluding hydrogens is 238 g/mol. The maximum absolute atomic E-state index is 12.4. The zero-order valence-electron chi connectivity index (χ0n) is 9.73. The number of nitrogens with one attached hydrogen (secondary N) is 1. The molecule has 0 unspecified atom stereocenters. The van der Waals surface area contributed by atoms with Gasteiger partial charge in [0.15, 0.2) is 0 Å². The van der Waals surface area contributed by atoms with Gasteiger partial charge in [-0.1, -0.05) is 19.3 Å². The lowest BCUT2D eigenvalue weighted by molar-refractivity contribution is -0.165. The third-order valence-electron chi connectivity index (χ3n) is 2.90. The molecule has 0 aliphatic heterocycles. The minimum Gasteiger partial charge on any atom is -0.374 e. The summed E-state index contributed by atoms with van der Waals surface area (Å²) >= 11 is 0. The van der Waals surface area contributed by atoms with Crippen LogP contribution in [0.4, 0.5) is 17.6 Å². The Hall–Kier alpha value is -0.360. The average molecular weight is 257 g/mol. The molecule has 0 amide bonds. The molecule has 1 rings (SSSR count). The Morgan fingerprint density at radius 1 is 1.18 bits per heavy atom. The number of ether oxygens (including phenoxy) is 1. The Labute approximate surface area is 98.7 Å². The van der Waals surface area contributed by atoms with Crippen LogP contribution in [-0.2, 0) is 4.74 Å². The Morgan fingerprint density at radius 3 is 2.41 bits per heavy atom. The molecule has 0 aromatic heterocycles. The van der Waals surface area contributed by atoms with Crippen LogP contribution in [0.1, 0.15) is 32.1 Å². The molecule has 1 N–H and O–H groups in total. The van der Waals surface area contributed by atoms with Gasteiger partial charge in [0.1, 0.15) is 6.61 Å². The summed E-state index contributed by atoms with van der Waals surface area (Å²) in [6.07, 6.45) is 2.13. The summed E-state index contributed by atoms with van der Waals surface area (Å²) in [7, 11) is 0. The van der Waals surface area contributed by atoms with Crippen molar-refractivity contribution in [3.8, 4) is 0 Å². The molecule has 0 saturated heterocycles. The minimum absolute atomic E-state index is 0.0405. The summed E-state index contributed by atoms with van der Waals surface area (Å²) in [6.45, 7) is -0.736. The van der Waals surface area contributed by atoms with E-state index in [4.69, 9.17) is 0 Å². The second-order valence-corrected chi connectivity index (χ2v) is 4.40. The number of alkyl halides is 4. The summed E-state index contributed by atoms with van der Waals surface area (Å²) in [5, 5.41) is 3.18. The summed E-state index contributed by atoms with van der Waals surface area (Å²) in [4.78, 5) is 0. The Balaban J connectivity index is 2.00. The number of rotatable bonds is 7. The van der Waals surface area contributed by atoms with Gasteiger partial charge >= 0.3 is 12.3 Å². The highest BCUT2D eigenvalue weighted by atomic mass is 19.3. The van der Waals surface area contributed by atoms with Crippen LogP contribution < -0.4 is 5.32 Å². The molecule has 0 spiro atoms. The van der Waals surface area contributed by atoms with E-state index in [0.717, 1.165) is 12.8 Å². The molecule has 1 fully saturated rings. The Bertz CT molecular complexity index is 208. The van der Waals surface area contributed by atoms with E-state index in [1.54, 1.807) is 0 Å². The second-order valence-electron chi connectivity index (χ2n) is 4.40. The maximum Gasteiger partial charge on any atom is 0.330 e. The SMILES string of the molecule is FC(F)C(F)(F)COCCNC1CCCCC1. The fraction of sp³-hybridized carbons (Fsp3) is 1.00. The molecular formula is C11H19F4NO. The maximum atomic E-state index is 12.4. The smallest absolute Gasteiger partial charge is 0.330 e. The zero-order valence-corrected chi connectivity index (χ0v) is 9.73. The standard InChI is InChI=1S/C11H19F4NO/c12-10(13)11(14,15)8-17-7-6-16-9-4-2-1-3-5-9/h9-10,16H,1-8H2. The van der Waals surface area contributed by atoms with Gasteiger partial charge in [-0.2, -0.15) is 8.78 Å². The number of hydrogen-bond acceptors (Lipinski definition) is 2. The highest BCUT2D eigenvalue weighted by Crippen LogP contribution is 2.22. The van der Waals surface area contributed by atoms with E-state index < -0.39 is 19.0 Å². The van der Waals surface area contributed by atoms with Crippen molar-refractivity contribution in [2.24, 2.45) is 0 Å². The van der Waals surface area contributed by atoms with Crippen LogP contribution in [-0.4, -0.2) is 38.1 Å². The molecule has 1 saturated carbocycles. The second kappa shape index (κ2) is 7.16. The van der Waals surface area contributed by atoms with Gasteiger partial charge in [-0.25, -0.2) is 8.78 Å². The summed E-state index contributed by atoms with van der Waals surface area (Å²) in [5.41, 5.74) is 0. The molecule has 0 heterocycles. The molecule has 0 aromatic carbocycles. The van der Waals surface area contributed by atoms with Gasteiger partial charge in [0.25, 0.3) is 0 Å².